The Balaban J connectivity index is 1.72. The summed E-state index contributed by atoms with van der Waals surface area (Å²) in [5.74, 6) is 0.322. The number of H-pyrrole nitrogens is 1. The van der Waals surface area contributed by atoms with Crippen LogP contribution in [0, 0.1) is 4.78 Å². The minimum absolute atomic E-state index is 0.116. The van der Waals surface area contributed by atoms with Crippen molar-refractivity contribution in [3.05, 3.63) is 77.8 Å². The van der Waals surface area contributed by atoms with E-state index in [0.29, 0.717) is 54.3 Å². The Morgan fingerprint density at radius 3 is 2.85 bits per heavy atom. The van der Waals surface area contributed by atoms with Crippen LogP contribution in [-0.2, 0) is 21.0 Å². The Morgan fingerprint density at radius 2 is 2.18 bits per heavy atom. The fourth-order valence-electron chi connectivity index (χ4n) is 4.20. The predicted molar refractivity (Wildman–Crippen MR) is 134 cm³/mol. The van der Waals surface area contributed by atoms with Gasteiger partial charge in [0.15, 0.2) is 0 Å². The second kappa shape index (κ2) is 8.21. The highest BCUT2D eigenvalue weighted by Gasteiger charge is 2.53. The normalized spacial score (nSPS) is 16.1. The lowest BCUT2D eigenvalue weighted by Gasteiger charge is -2.18. The Kier molecular flexibility index (Phi) is 5.32. The minimum atomic E-state index is -2.89. The molecule has 174 valence electrons. The van der Waals surface area contributed by atoms with Gasteiger partial charge in [-0.15, -0.1) is 6.58 Å². The molecule has 1 atom stereocenters. The van der Waals surface area contributed by atoms with Crippen LogP contribution in [0.25, 0.3) is 22.2 Å². The van der Waals surface area contributed by atoms with Crippen LogP contribution in [0.4, 0.5) is 11.6 Å². The number of anilines is 2. The lowest BCUT2D eigenvalue weighted by atomic mass is 10.1. The first kappa shape index (κ1) is 22.0. The maximum absolute atomic E-state index is 12.9. The number of fused-ring (bicyclic) bond motifs is 1. The quantitative estimate of drug-likeness (QED) is 0.328. The molecule has 0 bridgehead atoms. The van der Waals surface area contributed by atoms with Gasteiger partial charge in [0.2, 0.25) is 5.95 Å². The van der Waals surface area contributed by atoms with Crippen LogP contribution in [0.5, 0.6) is 0 Å². The van der Waals surface area contributed by atoms with Gasteiger partial charge in [0.1, 0.15) is 5.52 Å². The fourth-order valence-corrected chi connectivity index (χ4v) is 5.58. The van der Waals surface area contributed by atoms with Gasteiger partial charge in [-0.1, -0.05) is 6.08 Å². The van der Waals surface area contributed by atoms with Gasteiger partial charge in [-0.2, -0.15) is 0 Å². The first-order valence-electron chi connectivity index (χ1n) is 10.9. The number of allylic oxidation sites excluding steroid dienone is 1. The number of aryl methyl sites for hydroxylation is 1. The minimum Gasteiger partial charge on any atom is -0.357 e. The van der Waals surface area contributed by atoms with E-state index in [0.717, 1.165) is 10.9 Å². The molecule has 4 aromatic heterocycles. The largest absolute Gasteiger partial charge is 0.357 e. The molecule has 1 saturated carbocycles. The molecule has 1 unspecified atom stereocenters. The molecule has 3 N–H and O–H groups in total. The average molecular weight is 476 g/mol. The Bertz CT molecular complexity index is 1550. The van der Waals surface area contributed by atoms with Crippen molar-refractivity contribution in [2.45, 2.75) is 30.6 Å². The summed E-state index contributed by atoms with van der Waals surface area (Å²) in [6, 6.07) is 7.31. The highest BCUT2D eigenvalue weighted by molar-refractivity contribution is 7.92. The first-order valence-corrected chi connectivity index (χ1v) is 12.9. The summed E-state index contributed by atoms with van der Waals surface area (Å²) in [6.07, 6.45) is 12.0. The Hall–Kier alpha value is -3.79. The van der Waals surface area contributed by atoms with Crippen LogP contribution >= 0.6 is 0 Å². The van der Waals surface area contributed by atoms with Crippen molar-refractivity contribution >= 4 is 32.3 Å². The topological polar surface area (TPSA) is 129 Å². The Morgan fingerprint density at radius 1 is 1.35 bits per heavy atom. The smallest absolute Gasteiger partial charge is 0.274 e. The number of aromatic amines is 1. The zero-order chi connectivity index (χ0) is 23.9. The number of pyridine rings is 2. The summed E-state index contributed by atoms with van der Waals surface area (Å²) in [5, 5.41) is 3.92. The van der Waals surface area contributed by atoms with Crippen LogP contribution in [0.3, 0.4) is 0 Å². The fraction of sp³-hybridized carbons (Fsp3) is 0.250. The monoisotopic (exact) mass is 475 g/mol. The van der Waals surface area contributed by atoms with E-state index in [1.165, 1.54) is 6.26 Å². The maximum atomic E-state index is 12.9. The van der Waals surface area contributed by atoms with Crippen LogP contribution in [0.15, 0.2) is 66.5 Å². The molecule has 1 fully saturated rings. The Labute approximate surface area is 197 Å². The number of hydrogen-bond acceptors (Lipinski definition) is 7. The maximum Gasteiger partial charge on any atom is 0.274 e. The summed E-state index contributed by atoms with van der Waals surface area (Å²) in [5.41, 5.74) is 2.99. The third-order valence-electron chi connectivity index (χ3n) is 6.21. The highest BCUT2D eigenvalue weighted by Crippen LogP contribution is 2.52. The molecule has 4 aromatic rings. The second-order valence-electron chi connectivity index (χ2n) is 8.55. The van der Waals surface area contributed by atoms with Crippen molar-refractivity contribution in [1.29, 1.82) is 4.78 Å². The number of rotatable bonds is 8. The summed E-state index contributed by atoms with van der Waals surface area (Å²) in [6.45, 7) is 4.24. The highest BCUT2D eigenvalue weighted by atomic mass is 32.2. The number of nitrogens with zero attached hydrogens (tertiary/aromatic N) is 4. The van der Waals surface area contributed by atoms with Crippen molar-refractivity contribution in [2.75, 3.05) is 11.6 Å². The molecule has 9 nitrogen and oxygen atoms in total. The average Bonchev–Trinajstić information content (AvgIpc) is 3.51. The number of aromatic nitrogens is 5. The summed E-state index contributed by atoms with van der Waals surface area (Å²) >= 11 is 0. The van der Waals surface area contributed by atoms with Gasteiger partial charge >= 0.3 is 0 Å². The van der Waals surface area contributed by atoms with Crippen LogP contribution in [0.2, 0.25) is 0 Å². The molecule has 4 heterocycles. The summed E-state index contributed by atoms with van der Waals surface area (Å²) in [4.78, 5) is 29.5. The van der Waals surface area contributed by atoms with Crippen molar-refractivity contribution in [1.82, 2.24) is 24.5 Å². The van der Waals surface area contributed by atoms with E-state index in [-0.39, 0.29) is 5.56 Å². The zero-order valence-electron chi connectivity index (χ0n) is 18.7. The van der Waals surface area contributed by atoms with Crippen molar-refractivity contribution in [3.63, 3.8) is 0 Å². The first-order chi connectivity index (χ1) is 16.3. The molecule has 0 radical (unpaired) electrons. The van der Waals surface area contributed by atoms with E-state index in [2.05, 4.69) is 26.8 Å². The van der Waals surface area contributed by atoms with Crippen LogP contribution < -0.4 is 10.9 Å². The van der Waals surface area contributed by atoms with Crippen LogP contribution in [-0.4, -0.2) is 35.0 Å². The van der Waals surface area contributed by atoms with Crippen molar-refractivity contribution in [3.8, 4) is 11.3 Å². The third kappa shape index (κ3) is 3.79. The molecule has 0 amide bonds. The molecular weight excluding hydrogens is 450 g/mol. The molecule has 0 aromatic carbocycles. The van der Waals surface area contributed by atoms with Gasteiger partial charge in [-0.25, -0.2) is 14.2 Å². The zero-order valence-corrected chi connectivity index (χ0v) is 19.6. The van der Waals surface area contributed by atoms with Crippen molar-refractivity contribution < 1.29 is 4.21 Å². The SMILES string of the molecule is C=CCCn1cc(-c2cc(C3(S(C)(=N)=O)CC3)nc(Nc3cccnc3)n2)c2cc[nH]c2c1=O. The molecule has 0 aliphatic heterocycles. The molecule has 1 aliphatic carbocycles. The van der Waals surface area contributed by atoms with Gasteiger partial charge in [0.05, 0.1) is 37.7 Å². The number of hydrogen-bond donors (Lipinski definition) is 3. The van der Waals surface area contributed by atoms with Gasteiger partial charge < -0.3 is 14.9 Å². The summed E-state index contributed by atoms with van der Waals surface area (Å²) in [7, 11) is -2.89. The van der Waals surface area contributed by atoms with Crippen molar-refractivity contribution in [2.24, 2.45) is 0 Å². The van der Waals surface area contributed by atoms with Gasteiger partial charge in [0, 0.05) is 42.3 Å². The van der Waals surface area contributed by atoms with E-state index in [4.69, 9.17) is 9.76 Å². The molecule has 5 rings (SSSR count). The van der Waals surface area contributed by atoms with E-state index in [9.17, 15) is 9.00 Å². The second-order valence-corrected chi connectivity index (χ2v) is 11.0. The lowest BCUT2D eigenvalue weighted by molar-refractivity contribution is 0.663. The molecule has 1 aliphatic rings. The van der Waals surface area contributed by atoms with E-state index >= 15 is 0 Å². The molecule has 0 spiro atoms. The van der Waals surface area contributed by atoms with Gasteiger partial charge in [-0.05, 0) is 43.5 Å². The number of nitrogens with one attached hydrogen (secondary N) is 3. The lowest BCUT2D eigenvalue weighted by Crippen LogP contribution is -2.22. The molecule has 0 saturated heterocycles. The van der Waals surface area contributed by atoms with Gasteiger partial charge in [0.25, 0.3) is 5.56 Å². The molecule has 10 heteroatoms. The molecule has 34 heavy (non-hydrogen) atoms. The molecular formula is C24H25N7O2S. The standard InChI is InChI=1S/C24H25N7O2S/c1-3-4-12-31-15-18(17-7-11-27-21(17)22(31)32)19-13-20(24(8-9-24)34(2,25)33)30-23(29-19)28-16-6-5-10-26-14-16/h3,5-7,10-11,13-15,25,27H,1,4,8-9,12H2,2H3,(H,28,29,30). The summed E-state index contributed by atoms with van der Waals surface area (Å²) < 4.78 is 22.1. The van der Waals surface area contributed by atoms with Crippen LogP contribution in [0.1, 0.15) is 25.0 Å². The third-order valence-corrected chi connectivity index (χ3v) is 8.32. The van der Waals surface area contributed by atoms with E-state index in [1.54, 1.807) is 41.5 Å². The predicted octanol–water partition coefficient (Wildman–Crippen LogP) is 4.17. The van der Waals surface area contributed by atoms with E-state index in [1.807, 2.05) is 18.2 Å². The van der Waals surface area contributed by atoms with E-state index < -0.39 is 14.5 Å². The van der Waals surface area contributed by atoms with Gasteiger partial charge in [-0.3, -0.25) is 14.6 Å².